The lowest BCUT2D eigenvalue weighted by Crippen LogP contribution is -1.94. The summed E-state index contributed by atoms with van der Waals surface area (Å²) in [6.45, 7) is 4.95. The Labute approximate surface area is 61.3 Å². The van der Waals surface area contributed by atoms with Gasteiger partial charge in [-0.15, -0.1) is 5.11 Å². The van der Waals surface area contributed by atoms with E-state index in [1.54, 1.807) is 0 Å². The molecule has 0 aromatic heterocycles. The lowest BCUT2D eigenvalue weighted by atomic mass is 10.1. The third-order valence-corrected chi connectivity index (χ3v) is 1.45. The van der Waals surface area contributed by atoms with Crippen molar-refractivity contribution in [1.29, 1.82) is 0 Å². The van der Waals surface area contributed by atoms with Crippen LogP contribution in [0.1, 0.15) is 26.7 Å². The lowest BCUT2D eigenvalue weighted by molar-refractivity contribution is 0.602. The molecule has 3 nitrogen and oxygen atoms in total. The Morgan fingerprint density at radius 1 is 1.50 bits per heavy atom. The number of amidine groups is 1. The van der Waals surface area contributed by atoms with Crippen molar-refractivity contribution in [3.8, 4) is 0 Å². The summed E-state index contributed by atoms with van der Waals surface area (Å²) in [6, 6.07) is 0. The van der Waals surface area contributed by atoms with Crippen LogP contribution in [0.2, 0.25) is 0 Å². The van der Waals surface area contributed by atoms with Gasteiger partial charge in [0.25, 0.3) is 0 Å². The molecule has 0 atom stereocenters. The summed E-state index contributed by atoms with van der Waals surface area (Å²) in [6.07, 6.45) is 2.15. The monoisotopic (exact) mass is 139 g/mol. The van der Waals surface area contributed by atoms with Gasteiger partial charge in [0.2, 0.25) is 0 Å². The second-order valence-corrected chi connectivity index (χ2v) is 2.89. The van der Waals surface area contributed by atoms with Crippen LogP contribution in [0.3, 0.4) is 0 Å². The van der Waals surface area contributed by atoms with Gasteiger partial charge in [0.05, 0.1) is 0 Å². The molecule has 0 fully saturated rings. The molecule has 0 aromatic rings. The van der Waals surface area contributed by atoms with Gasteiger partial charge < -0.3 is 0 Å². The van der Waals surface area contributed by atoms with Crippen molar-refractivity contribution < 1.29 is 0 Å². The summed E-state index contributed by atoms with van der Waals surface area (Å²) >= 11 is 0. The summed E-state index contributed by atoms with van der Waals surface area (Å²) in [5.41, 5.74) is 0. The summed E-state index contributed by atoms with van der Waals surface area (Å²) in [5.74, 6) is 1.66. The predicted octanol–water partition coefficient (Wildman–Crippen LogP) is 2.24. The van der Waals surface area contributed by atoms with Crippen molar-refractivity contribution in [2.45, 2.75) is 26.7 Å². The number of nitrogens with zero attached hydrogens (tertiary/aromatic N) is 3. The van der Waals surface area contributed by atoms with E-state index in [-0.39, 0.29) is 0 Å². The highest BCUT2D eigenvalue weighted by atomic mass is 15.2. The molecule has 0 spiro atoms. The second-order valence-electron chi connectivity index (χ2n) is 2.89. The zero-order chi connectivity index (χ0) is 7.40. The molecule has 3 heteroatoms. The Hall–Kier alpha value is -0.730. The summed E-state index contributed by atoms with van der Waals surface area (Å²) < 4.78 is 0. The standard InChI is InChI=1S/C7H13N3/c1-6(2)3-4-7-8-5-9-10-7/h6H,3-5H2,1-2H3. The van der Waals surface area contributed by atoms with Gasteiger partial charge in [-0.25, -0.2) is 4.99 Å². The molecule has 0 aromatic carbocycles. The third kappa shape index (κ3) is 2.25. The van der Waals surface area contributed by atoms with E-state index >= 15 is 0 Å². The zero-order valence-electron chi connectivity index (χ0n) is 6.54. The third-order valence-electron chi connectivity index (χ3n) is 1.45. The van der Waals surface area contributed by atoms with E-state index in [4.69, 9.17) is 0 Å². The Morgan fingerprint density at radius 2 is 2.30 bits per heavy atom. The second kappa shape index (κ2) is 3.44. The molecular formula is C7H13N3. The fraction of sp³-hybridized carbons (Fsp3) is 0.857. The van der Waals surface area contributed by atoms with Gasteiger partial charge in [0.1, 0.15) is 5.84 Å². The molecule has 56 valence electrons. The molecule has 0 saturated heterocycles. The van der Waals surface area contributed by atoms with Crippen molar-refractivity contribution >= 4 is 5.84 Å². The van der Waals surface area contributed by atoms with Crippen LogP contribution in [0.5, 0.6) is 0 Å². The van der Waals surface area contributed by atoms with Gasteiger partial charge in [-0.1, -0.05) is 13.8 Å². The summed E-state index contributed by atoms with van der Waals surface area (Å²) in [5, 5.41) is 7.65. The van der Waals surface area contributed by atoms with E-state index in [2.05, 4.69) is 29.1 Å². The molecule has 1 rings (SSSR count). The molecular weight excluding hydrogens is 126 g/mol. The molecule has 1 heterocycles. The minimum absolute atomic E-state index is 0.549. The Balaban J connectivity index is 2.19. The van der Waals surface area contributed by atoms with Crippen molar-refractivity contribution in [2.24, 2.45) is 21.1 Å². The fourth-order valence-corrected chi connectivity index (χ4v) is 0.805. The smallest absolute Gasteiger partial charge is 0.152 e. The van der Waals surface area contributed by atoms with Gasteiger partial charge in [-0.2, -0.15) is 5.11 Å². The molecule has 0 unspecified atom stereocenters. The number of rotatable bonds is 3. The first-order chi connectivity index (χ1) is 4.79. The van der Waals surface area contributed by atoms with E-state index in [1.165, 1.54) is 0 Å². The zero-order valence-corrected chi connectivity index (χ0v) is 6.54. The SMILES string of the molecule is CC(C)CCC1=NCN=N1. The van der Waals surface area contributed by atoms with E-state index in [1.807, 2.05) is 0 Å². The average Bonchev–Trinajstić information content (AvgIpc) is 2.34. The predicted molar refractivity (Wildman–Crippen MR) is 41.2 cm³/mol. The highest BCUT2D eigenvalue weighted by Gasteiger charge is 2.02. The van der Waals surface area contributed by atoms with Gasteiger partial charge in [-0.05, 0) is 12.3 Å². The first-order valence-corrected chi connectivity index (χ1v) is 3.70. The number of hydrogen-bond donors (Lipinski definition) is 0. The largest absolute Gasteiger partial charge is 0.243 e. The maximum Gasteiger partial charge on any atom is 0.152 e. The number of hydrogen-bond acceptors (Lipinski definition) is 3. The van der Waals surface area contributed by atoms with Gasteiger partial charge in [0.15, 0.2) is 6.67 Å². The van der Waals surface area contributed by atoms with Crippen molar-refractivity contribution in [1.82, 2.24) is 0 Å². The molecule has 0 bridgehead atoms. The highest BCUT2D eigenvalue weighted by molar-refractivity contribution is 5.83. The minimum Gasteiger partial charge on any atom is -0.243 e. The molecule has 0 aliphatic carbocycles. The fourth-order valence-electron chi connectivity index (χ4n) is 0.805. The van der Waals surface area contributed by atoms with Crippen LogP contribution in [0, 0.1) is 5.92 Å². The van der Waals surface area contributed by atoms with Crippen LogP contribution in [0.4, 0.5) is 0 Å². The maximum absolute atomic E-state index is 4.09. The number of aliphatic imine (C=N–C) groups is 1. The van der Waals surface area contributed by atoms with Crippen molar-refractivity contribution in [3.63, 3.8) is 0 Å². The molecule has 1 aliphatic heterocycles. The quantitative estimate of drug-likeness (QED) is 0.575. The first kappa shape index (κ1) is 7.38. The average molecular weight is 139 g/mol. The molecule has 0 amide bonds. The minimum atomic E-state index is 0.549. The topological polar surface area (TPSA) is 37.1 Å². The number of azo groups is 1. The van der Waals surface area contributed by atoms with Crippen LogP contribution in [-0.4, -0.2) is 12.5 Å². The molecule has 0 radical (unpaired) electrons. The van der Waals surface area contributed by atoms with Crippen molar-refractivity contribution in [2.75, 3.05) is 6.67 Å². The Kier molecular flexibility index (Phi) is 2.54. The molecule has 0 saturated carbocycles. The first-order valence-electron chi connectivity index (χ1n) is 3.70. The van der Waals surface area contributed by atoms with Crippen LogP contribution < -0.4 is 0 Å². The van der Waals surface area contributed by atoms with Gasteiger partial charge in [-0.3, -0.25) is 0 Å². The Bertz CT molecular complexity index is 158. The van der Waals surface area contributed by atoms with Crippen LogP contribution >= 0.6 is 0 Å². The van der Waals surface area contributed by atoms with Crippen LogP contribution in [0.15, 0.2) is 15.2 Å². The molecule has 1 aliphatic rings. The van der Waals surface area contributed by atoms with Crippen LogP contribution in [0.25, 0.3) is 0 Å². The van der Waals surface area contributed by atoms with E-state index < -0.39 is 0 Å². The van der Waals surface area contributed by atoms with E-state index in [0.717, 1.165) is 24.6 Å². The lowest BCUT2D eigenvalue weighted by Gasteiger charge is -1.99. The van der Waals surface area contributed by atoms with Gasteiger partial charge >= 0.3 is 0 Å². The van der Waals surface area contributed by atoms with Crippen molar-refractivity contribution in [3.05, 3.63) is 0 Å². The van der Waals surface area contributed by atoms with E-state index in [9.17, 15) is 0 Å². The highest BCUT2D eigenvalue weighted by Crippen LogP contribution is 2.08. The van der Waals surface area contributed by atoms with Gasteiger partial charge in [0, 0.05) is 6.42 Å². The molecule has 10 heavy (non-hydrogen) atoms. The molecule has 0 N–H and O–H groups in total. The maximum atomic E-state index is 4.09. The van der Waals surface area contributed by atoms with E-state index in [0.29, 0.717) is 6.67 Å². The summed E-state index contributed by atoms with van der Waals surface area (Å²) in [4.78, 5) is 4.09. The Morgan fingerprint density at radius 3 is 2.80 bits per heavy atom. The summed E-state index contributed by atoms with van der Waals surface area (Å²) in [7, 11) is 0. The normalized spacial score (nSPS) is 16.5. The van der Waals surface area contributed by atoms with Crippen LogP contribution in [-0.2, 0) is 0 Å².